The van der Waals surface area contributed by atoms with E-state index in [0.717, 1.165) is 36.3 Å². The first-order valence-electron chi connectivity index (χ1n) is 16.7. The Morgan fingerprint density at radius 1 is 0.940 bits per heavy atom. The molecule has 5 heterocycles. The van der Waals surface area contributed by atoms with E-state index in [-0.39, 0.29) is 68.4 Å². The monoisotopic (exact) mass is 682 g/mol. The molecule has 1 N–H and O–H groups in total. The second-order valence-electron chi connectivity index (χ2n) is 12.4. The number of nitrogens with zero attached hydrogens (tertiary/aromatic N) is 7. The number of ether oxygens (including phenoxy) is 3. The van der Waals surface area contributed by atoms with E-state index < -0.39 is 0 Å². The number of pyridine rings is 2. The van der Waals surface area contributed by atoms with Crippen LogP contribution in [0.5, 0.6) is 17.2 Å². The number of benzene rings is 1. The molecule has 1 aromatic carbocycles. The molecule has 1 unspecified atom stereocenters. The van der Waals surface area contributed by atoms with Crippen molar-refractivity contribution in [1.82, 2.24) is 35.1 Å². The van der Waals surface area contributed by atoms with Crippen molar-refractivity contribution in [2.75, 3.05) is 65.5 Å². The zero-order valence-corrected chi connectivity index (χ0v) is 28.6. The molecule has 50 heavy (non-hydrogen) atoms. The number of methoxy groups -OCH3 is 3. The smallest absolute Gasteiger partial charge is 0.274 e. The third-order valence-corrected chi connectivity index (χ3v) is 9.20. The first-order valence-corrected chi connectivity index (χ1v) is 16.7. The number of carbonyl (C=O) groups excluding carboxylic acids is 3. The molecule has 262 valence electrons. The van der Waals surface area contributed by atoms with Crippen LogP contribution in [0.3, 0.4) is 0 Å². The fourth-order valence-electron chi connectivity index (χ4n) is 6.64. The summed E-state index contributed by atoms with van der Waals surface area (Å²) in [5.74, 6) is 1.65. The van der Waals surface area contributed by atoms with Crippen LogP contribution >= 0.6 is 0 Å². The molecule has 4 aromatic rings. The zero-order chi connectivity index (χ0) is 35.0. The molecular formula is C36H42N8O6. The highest BCUT2D eigenvalue weighted by Gasteiger charge is 2.29. The summed E-state index contributed by atoms with van der Waals surface area (Å²) in [7, 11) is 4.68. The van der Waals surface area contributed by atoms with Gasteiger partial charge >= 0.3 is 0 Å². The van der Waals surface area contributed by atoms with Crippen molar-refractivity contribution in [2.45, 2.75) is 32.2 Å². The Bertz CT molecular complexity index is 1830. The lowest BCUT2D eigenvalue weighted by molar-refractivity contribution is -0.131. The van der Waals surface area contributed by atoms with Gasteiger partial charge in [0.05, 0.1) is 39.5 Å². The first-order chi connectivity index (χ1) is 24.4. The van der Waals surface area contributed by atoms with Gasteiger partial charge in [-0.1, -0.05) is 6.07 Å². The van der Waals surface area contributed by atoms with Crippen LogP contribution < -0.4 is 24.4 Å². The molecule has 14 heteroatoms. The van der Waals surface area contributed by atoms with E-state index in [9.17, 15) is 14.4 Å². The highest BCUT2D eigenvalue weighted by Crippen LogP contribution is 2.44. The number of piperidine rings is 1. The lowest BCUT2D eigenvalue weighted by Crippen LogP contribution is -2.43. The zero-order valence-electron chi connectivity index (χ0n) is 28.6. The van der Waals surface area contributed by atoms with Gasteiger partial charge in [-0.2, -0.15) is 0 Å². The molecule has 0 spiro atoms. The van der Waals surface area contributed by atoms with Crippen LogP contribution in [0.2, 0.25) is 0 Å². The molecule has 0 radical (unpaired) electrons. The lowest BCUT2D eigenvalue weighted by Gasteiger charge is -2.35. The largest absolute Gasteiger partial charge is 0.493 e. The molecule has 1 fully saturated rings. The third-order valence-electron chi connectivity index (χ3n) is 9.20. The third kappa shape index (κ3) is 7.69. The maximum atomic E-state index is 14.2. The van der Waals surface area contributed by atoms with Gasteiger partial charge in [-0.3, -0.25) is 24.4 Å². The van der Waals surface area contributed by atoms with Gasteiger partial charge in [-0.05, 0) is 36.5 Å². The van der Waals surface area contributed by atoms with Crippen molar-refractivity contribution >= 4 is 34.4 Å². The molecule has 6 rings (SSSR count). The summed E-state index contributed by atoms with van der Waals surface area (Å²) in [6.45, 7) is 2.66. The lowest BCUT2D eigenvalue weighted by atomic mass is 9.97. The van der Waals surface area contributed by atoms with Crippen LogP contribution in [0.25, 0.3) is 10.9 Å². The average molecular weight is 683 g/mol. The van der Waals surface area contributed by atoms with Crippen molar-refractivity contribution < 1.29 is 28.6 Å². The first kappa shape index (κ1) is 34.3. The van der Waals surface area contributed by atoms with E-state index in [2.05, 4.69) is 25.2 Å². The molecule has 2 aliphatic rings. The summed E-state index contributed by atoms with van der Waals surface area (Å²) < 4.78 is 17.2. The summed E-state index contributed by atoms with van der Waals surface area (Å²) >= 11 is 0. The van der Waals surface area contributed by atoms with Gasteiger partial charge in [0.15, 0.2) is 11.5 Å². The second kappa shape index (κ2) is 15.8. The van der Waals surface area contributed by atoms with Gasteiger partial charge < -0.3 is 34.2 Å². The second-order valence-corrected chi connectivity index (χ2v) is 12.4. The Balaban J connectivity index is 1.45. The fourth-order valence-corrected chi connectivity index (χ4v) is 6.64. The maximum absolute atomic E-state index is 14.2. The van der Waals surface area contributed by atoms with Crippen LogP contribution in [0.15, 0.2) is 55.2 Å². The fraction of sp³-hybridized carbons (Fsp3) is 0.417. The van der Waals surface area contributed by atoms with Crippen LogP contribution in [0.4, 0.5) is 5.82 Å². The molecule has 3 amide bonds. The molecule has 0 aliphatic carbocycles. The minimum absolute atomic E-state index is 0.119. The number of anilines is 1. The van der Waals surface area contributed by atoms with E-state index in [1.165, 1.54) is 18.6 Å². The quantitative estimate of drug-likeness (QED) is 0.320. The summed E-state index contributed by atoms with van der Waals surface area (Å²) in [5.41, 5.74) is 2.37. The van der Waals surface area contributed by atoms with Crippen LogP contribution in [0, 0.1) is 5.92 Å². The van der Waals surface area contributed by atoms with Gasteiger partial charge in [-0.25, -0.2) is 9.97 Å². The Morgan fingerprint density at radius 2 is 1.76 bits per heavy atom. The van der Waals surface area contributed by atoms with Gasteiger partial charge in [0.25, 0.3) is 5.91 Å². The Hall–Kier alpha value is -5.53. The standard InChI is InChI=1S/C36H42N8O6/c1-48-30-18-28-27(33(49-2)34(30)50-3)17-26-23-44(36(47)29-21-38-10-11-39-29)15-14-42(32(46)16-24-6-4-9-37-19-24)13-8-31(45)40-20-25-7-5-12-43(22-25)35(26)41-28/h4,6,9-11,17-19,21,25H,5,7-8,12-16,20,22-23H2,1-3H3,(H,40,45). The summed E-state index contributed by atoms with van der Waals surface area (Å²) in [6.07, 6.45) is 9.86. The Labute approximate surface area is 290 Å². The SMILES string of the molecule is COc1cc2nc3c(cc2c(OC)c1OC)CN(C(=O)c1cnccn1)CCN(C(=O)Cc1cccnc1)CCC(=O)NCC1CCCN3C1. The van der Waals surface area contributed by atoms with Crippen molar-refractivity contribution in [1.29, 1.82) is 0 Å². The Morgan fingerprint density at radius 3 is 2.50 bits per heavy atom. The number of hydrogen-bond acceptors (Lipinski definition) is 11. The van der Waals surface area contributed by atoms with E-state index in [0.29, 0.717) is 41.2 Å². The summed E-state index contributed by atoms with van der Waals surface area (Å²) in [4.78, 5) is 64.2. The number of carbonyl (C=O) groups is 3. The molecule has 1 atom stereocenters. The van der Waals surface area contributed by atoms with Gasteiger partial charge in [0.2, 0.25) is 17.6 Å². The van der Waals surface area contributed by atoms with Gasteiger partial charge in [-0.15, -0.1) is 0 Å². The predicted octanol–water partition coefficient (Wildman–Crippen LogP) is 2.90. The van der Waals surface area contributed by atoms with Crippen molar-refractivity contribution in [3.63, 3.8) is 0 Å². The molecule has 1 saturated heterocycles. The molecular weight excluding hydrogens is 640 g/mol. The summed E-state index contributed by atoms with van der Waals surface area (Å²) in [6, 6.07) is 7.44. The summed E-state index contributed by atoms with van der Waals surface area (Å²) in [5, 5.41) is 3.80. The van der Waals surface area contributed by atoms with Crippen LogP contribution in [-0.2, 0) is 22.6 Å². The van der Waals surface area contributed by atoms with Gasteiger partial charge in [0, 0.05) is 94.0 Å². The van der Waals surface area contributed by atoms with E-state index in [4.69, 9.17) is 19.2 Å². The number of rotatable bonds is 6. The Kier molecular flexibility index (Phi) is 10.8. The average Bonchev–Trinajstić information content (AvgIpc) is 3.15. The molecule has 2 aliphatic heterocycles. The van der Waals surface area contributed by atoms with Crippen LogP contribution in [0.1, 0.15) is 40.9 Å². The topological polar surface area (TPSA) is 152 Å². The number of fused-ring (bicyclic) bond motifs is 5. The number of hydrogen-bond donors (Lipinski definition) is 1. The van der Waals surface area contributed by atoms with Crippen molar-refractivity contribution in [2.24, 2.45) is 5.92 Å². The maximum Gasteiger partial charge on any atom is 0.274 e. The highest BCUT2D eigenvalue weighted by atomic mass is 16.5. The van der Waals surface area contributed by atoms with Crippen molar-refractivity contribution in [3.05, 3.63) is 72.1 Å². The molecule has 2 bridgehead atoms. The molecule has 3 aromatic heterocycles. The van der Waals surface area contributed by atoms with Gasteiger partial charge in [0.1, 0.15) is 11.5 Å². The van der Waals surface area contributed by atoms with Crippen LogP contribution in [-0.4, -0.2) is 108 Å². The number of nitrogens with one attached hydrogen (secondary N) is 1. The minimum Gasteiger partial charge on any atom is -0.493 e. The van der Waals surface area contributed by atoms with Crippen molar-refractivity contribution in [3.8, 4) is 17.2 Å². The number of amides is 3. The van der Waals surface area contributed by atoms with E-state index in [1.807, 2.05) is 18.2 Å². The predicted molar refractivity (Wildman–Crippen MR) is 185 cm³/mol. The molecule has 0 saturated carbocycles. The highest BCUT2D eigenvalue weighted by molar-refractivity contribution is 5.94. The minimum atomic E-state index is -0.346. The van der Waals surface area contributed by atoms with E-state index >= 15 is 0 Å². The van der Waals surface area contributed by atoms with E-state index in [1.54, 1.807) is 49.6 Å². The number of aromatic nitrogens is 4. The normalized spacial score (nSPS) is 17.2. The molecule has 14 nitrogen and oxygen atoms in total.